The summed E-state index contributed by atoms with van der Waals surface area (Å²) in [5.41, 5.74) is 0.642. The average Bonchev–Trinajstić information content (AvgIpc) is 3.17. The van der Waals surface area contributed by atoms with E-state index in [1.54, 1.807) is 4.90 Å². The van der Waals surface area contributed by atoms with Gasteiger partial charge in [-0.25, -0.2) is 4.79 Å². The number of benzene rings is 1. The Morgan fingerprint density at radius 3 is 2.55 bits per heavy atom. The number of fused-ring (bicyclic) bond motifs is 1. The standard InChI is InChI=1S/C22H32N4O3/c1-16(2)24-22(29)25-13-7-14-26(21(28)17-8-4-3-5-9-17)19-11-6-10-18(19)20(27)23-12-15-25/h3-5,8-9,16,18-19H,6-7,10-15H2,1-2H3,(H,23,27)(H,24,29)/t18-,19+/m1/s1. The van der Waals surface area contributed by atoms with Crippen LogP contribution in [0, 0.1) is 5.92 Å². The van der Waals surface area contributed by atoms with Crippen LogP contribution in [0.1, 0.15) is 49.9 Å². The Hall–Kier alpha value is -2.57. The summed E-state index contributed by atoms with van der Waals surface area (Å²) < 4.78 is 0. The Morgan fingerprint density at radius 1 is 1.07 bits per heavy atom. The van der Waals surface area contributed by atoms with Crippen LogP contribution >= 0.6 is 0 Å². The highest BCUT2D eigenvalue weighted by Crippen LogP contribution is 2.31. The fourth-order valence-corrected chi connectivity index (χ4v) is 4.31. The molecule has 1 aromatic rings. The van der Waals surface area contributed by atoms with Gasteiger partial charge >= 0.3 is 6.03 Å². The van der Waals surface area contributed by atoms with Crippen molar-refractivity contribution < 1.29 is 14.4 Å². The molecule has 0 aromatic heterocycles. The zero-order valence-corrected chi connectivity index (χ0v) is 17.4. The summed E-state index contributed by atoms with van der Waals surface area (Å²) >= 11 is 0. The molecule has 0 bridgehead atoms. The lowest BCUT2D eigenvalue weighted by Gasteiger charge is -2.33. The van der Waals surface area contributed by atoms with Gasteiger partial charge in [0.1, 0.15) is 0 Å². The Balaban J connectivity index is 1.80. The second-order valence-corrected chi connectivity index (χ2v) is 8.21. The molecular weight excluding hydrogens is 368 g/mol. The van der Waals surface area contributed by atoms with Gasteiger partial charge in [0.2, 0.25) is 5.91 Å². The molecule has 2 N–H and O–H groups in total. The third-order valence-electron chi connectivity index (χ3n) is 5.71. The fourth-order valence-electron chi connectivity index (χ4n) is 4.31. The third-order valence-corrected chi connectivity index (χ3v) is 5.71. The van der Waals surface area contributed by atoms with E-state index in [9.17, 15) is 14.4 Å². The summed E-state index contributed by atoms with van der Waals surface area (Å²) in [5.74, 6) is -0.226. The number of amides is 4. The lowest BCUT2D eigenvalue weighted by molar-refractivity contribution is -0.126. The van der Waals surface area contributed by atoms with Gasteiger partial charge in [0.15, 0.2) is 0 Å². The minimum atomic E-state index is -0.182. The van der Waals surface area contributed by atoms with Crippen LogP contribution < -0.4 is 10.6 Å². The molecule has 7 nitrogen and oxygen atoms in total. The van der Waals surface area contributed by atoms with Gasteiger partial charge in [-0.1, -0.05) is 24.6 Å². The van der Waals surface area contributed by atoms with Crippen LogP contribution in [0.3, 0.4) is 0 Å². The molecule has 2 aliphatic rings. The number of hydrogen-bond acceptors (Lipinski definition) is 3. The highest BCUT2D eigenvalue weighted by molar-refractivity contribution is 5.95. The highest BCUT2D eigenvalue weighted by Gasteiger charge is 2.39. The first-order valence-corrected chi connectivity index (χ1v) is 10.7. The van der Waals surface area contributed by atoms with Gasteiger partial charge in [0.25, 0.3) is 5.91 Å². The SMILES string of the molecule is CC(C)NC(=O)N1CCCN(C(=O)c2ccccc2)[C@H]2CCC[C@H]2C(=O)NCC1. The predicted octanol–water partition coefficient (Wildman–Crippen LogP) is 2.24. The molecule has 1 aliphatic carbocycles. The number of urea groups is 1. The molecule has 1 aliphatic heterocycles. The minimum absolute atomic E-state index is 0.00974. The number of hydrogen-bond donors (Lipinski definition) is 2. The Morgan fingerprint density at radius 2 is 1.83 bits per heavy atom. The van der Waals surface area contributed by atoms with Gasteiger partial charge in [-0.2, -0.15) is 0 Å². The van der Waals surface area contributed by atoms with E-state index in [2.05, 4.69) is 10.6 Å². The molecule has 3 rings (SSSR count). The van der Waals surface area contributed by atoms with Crippen LogP contribution in [-0.4, -0.2) is 65.9 Å². The third kappa shape index (κ3) is 5.28. The Kier molecular flexibility index (Phi) is 7.12. The van der Waals surface area contributed by atoms with Crippen molar-refractivity contribution in [3.63, 3.8) is 0 Å². The highest BCUT2D eigenvalue weighted by atomic mass is 16.2. The molecule has 1 heterocycles. The van der Waals surface area contributed by atoms with Gasteiger partial charge in [0.05, 0.1) is 5.92 Å². The molecule has 29 heavy (non-hydrogen) atoms. The molecule has 2 atom stereocenters. The summed E-state index contributed by atoms with van der Waals surface area (Å²) in [5, 5.41) is 5.91. The van der Waals surface area contributed by atoms with Crippen LogP contribution in [0.5, 0.6) is 0 Å². The van der Waals surface area contributed by atoms with Crippen molar-refractivity contribution in [3.8, 4) is 0 Å². The molecule has 4 amide bonds. The number of carbonyl (C=O) groups excluding carboxylic acids is 3. The number of rotatable bonds is 2. The van der Waals surface area contributed by atoms with E-state index < -0.39 is 0 Å². The maximum Gasteiger partial charge on any atom is 0.317 e. The summed E-state index contributed by atoms with van der Waals surface area (Å²) in [6.07, 6.45) is 3.27. The maximum absolute atomic E-state index is 13.3. The van der Waals surface area contributed by atoms with Gasteiger partial charge in [-0.05, 0) is 45.2 Å². The van der Waals surface area contributed by atoms with Crippen molar-refractivity contribution >= 4 is 17.8 Å². The van der Waals surface area contributed by atoms with E-state index in [0.29, 0.717) is 38.2 Å². The molecule has 1 saturated heterocycles. The first kappa shape index (κ1) is 21.1. The van der Waals surface area contributed by atoms with E-state index in [1.165, 1.54) is 0 Å². The zero-order valence-electron chi connectivity index (χ0n) is 17.4. The topological polar surface area (TPSA) is 81.8 Å². The fraction of sp³-hybridized carbons (Fsp3) is 0.591. The molecule has 158 valence electrons. The van der Waals surface area contributed by atoms with Crippen molar-refractivity contribution in [3.05, 3.63) is 35.9 Å². The molecule has 7 heteroatoms. The molecule has 1 aromatic carbocycles. The van der Waals surface area contributed by atoms with Crippen molar-refractivity contribution in [1.29, 1.82) is 0 Å². The van der Waals surface area contributed by atoms with Gasteiger partial charge < -0.3 is 20.4 Å². The normalized spacial score (nSPS) is 23.2. The summed E-state index contributed by atoms with van der Waals surface area (Å²) in [6.45, 7) is 5.83. The van der Waals surface area contributed by atoms with Crippen LogP contribution in [0.4, 0.5) is 4.79 Å². The van der Waals surface area contributed by atoms with E-state index in [0.717, 1.165) is 19.3 Å². The average molecular weight is 401 g/mol. The molecule has 0 spiro atoms. The Bertz CT molecular complexity index is 722. The van der Waals surface area contributed by atoms with Crippen molar-refractivity contribution in [1.82, 2.24) is 20.4 Å². The number of nitrogens with zero attached hydrogens (tertiary/aromatic N) is 2. The Labute approximate surface area is 172 Å². The van der Waals surface area contributed by atoms with E-state index in [-0.39, 0.29) is 35.8 Å². The van der Waals surface area contributed by atoms with Crippen LogP contribution in [0.15, 0.2) is 30.3 Å². The molecular formula is C22H32N4O3. The first-order chi connectivity index (χ1) is 14.0. The van der Waals surface area contributed by atoms with Crippen molar-refractivity contribution in [2.24, 2.45) is 5.92 Å². The summed E-state index contributed by atoms with van der Waals surface area (Å²) in [7, 11) is 0. The van der Waals surface area contributed by atoms with E-state index >= 15 is 0 Å². The van der Waals surface area contributed by atoms with Gasteiger partial charge in [0, 0.05) is 43.8 Å². The lowest BCUT2D eigenvalue weighted by Crippen LogP contribution is -2.47. The van der Waals surface area contributed by atoms with Gasteiger partial charge in [-0.3, -0.25) is 9.59 Å². The van der Waals surface area contributed by atoms with E-state index in [1.807, 2.05) is 49.1 Å². The van der Waals surface area contributed by atoms with E-state index in [4.69, 9.17) is 0 Å². The van der Waals surface area contributed by atoms with Crippen LogP contribution in [0.2, 0.25) is 0 Å². The monoisotopic (exact) mass is 400 g/mol. The number of carbonyl (C=O) groups is 3. The second-order valence-electron chi connectivity index (χ2n) is 8.21. The quantitative estimate of drug-likeness (QED) is 0.799. The van der Waals surface area contributed by atoms with Crippen LogP contribution in [0.25, 0.3) is 0 Å². The molecule has 2 fully saturated rings. The summed E-state index contributed by atoms with van der Waals surface area (Å²) in [6, 6.07) is 9.08. The molecule has 1 saturated carbocycles. The molecule has 0 unspecified atom stereocenters. The zero-order chi connectivity index (χ0) is 20.8. The maximum atomic E-state index is 13.3. The smallest absolute Gasteiger partial charge is 0.317 e. The summed E-state index contributed by atoms with van der Waals surface area (Å²) in [4.78, 5) is 42.2. The van der Waals surface area contributed by atoms with Crippen molar-refractivity contribution in [2.75, 3.05) is 26.2 Å². The molecule has 0 radical (unpaired) electrons. The first-order valence-electron chi connectivity index (χ1n) is 10.7. The minimum Gasteiger partial charge on any atom is -0.354 e. The van der Waals surface area contributed by atoms with Gasteiger partial charge in [-0.15, -0.1) is 0 Å². The van der Waals surface area contributed by atoms with Crippen LogP contribution in [-0.2, 0) is 4.79 Å². The largest absolute Gasteiger partial charge is 0.354 e. The predicted molar refractivity (Wildman–Crippen MR) is 111 cm³/mol. The lowest BCUT2D eigenvalue weighted by atomic mass is 9.99. The van der Waals surface area contributed by atoms with Crippen molar-refractivity contribution in [2.45, 2.75) is 51.6 Å². The second kappa shape index (κ2) is 9.76. The number of nitrogens with one attached hydrogen (secondary N) is 2.